The molecule has 0 bridgehead atoms. The summed E-state index contributed by atoms with van der Waals surface area (Å²) >= 11 is 1.79. The third kappa shape index (κ3) is 2.55. The van der Waals surface area contributed by atoms with Gasteiger partial charge in [-0.2, -0.15) is 0 Å². The van der Waals surface area contributed by atoms with Gasteiger partial charge in [-0.25, -0.2) is 4.98 Å². The molecule has 1 heterocycles. The largest absolute Gasteiger partial charge is 0.368 e. The van der Waals surface area contributed by atoms with E-state index in [0.717, 1.165) is 25.9 Å². The molecule has 0 aromatic carbocycles. The third-order valence-corrected chi connectivity index (χ3v) is 4.91. The van der Waals surface area contributed by atoms with Crippen LogP contribution in [0.15, 0.2) is 5.38 Å². The summed E-state index contributed by atoms with van der Waals surface area (Å²) in [6, 6.07) is 0. The Morgan fingerprint density at radius 3 is 2.71 bits per heavy atom. The lowest BCUT2D eigenvalue weighted by Crippen LogP contribution is -2.26. The molecule has 1 aromatic rings. The number of ether oxygens (including phenoxy) is 1. The lowest BCUT2D eigenvalue weighted by atomic mass is 10.0. The summed E-state index contributed by atoms with van der Waals surface area (Å²) < 4.78 is 6.05. The number of hydrogen-bond acceptors (Lipinski definition) is 3. The molecule has 0 spiro atoms. The molecule has 17 heavy (non-hydrogen) atoms. The Balaban J connectivity index is 2.22. The van der Waals surface area contributed by atoms with E-state index in [9.17, 15) is 0 Å². The fraction of sp³-hybridized carbons (Fsp3) is 0.786. The zero-order chi connectivity index (χ0) is 12.3. The number of thiazole rings is 1. The number of hydrogen-bond donors (Lipinski definition) is 0. The Bertz CT molecular complexity index is 355. The Kier molecular flexibility index (Phi) is 4.21. The summed E-state index contributed by atoms with van der Waals surface area (Å²) in [6.07, 6.45) is 6.00. The number of nitrogens with zero attached hydrogens (tertiary/aromatic N) is 1. The molecule has 2 rings (SSSR count). The maximum absolute atomic E-state index is 6.05. The first-order valence-corrected chi connectivity index (χ1v) is 7.69. The SMILES string of the molecule is CCOC1(c2nc(C(C)CC)cs2)CCCC1. The second-order valence-corrected chi connectivity index (χ2v) is 5.88. The molecular weight excluding hydrogens is 230 g/mol. The van der Waals surface area contributed by atoms with Gasteiger partial charge in [-0.3, -0.25) is 0 Å². The van der Waals surface area contributed by atoms with Gasteiger partial charge >= 0.3 is 0 Å². The van der Waals surface area contributed by atoms with Crippen molar-refractivity contribution >= 4 is 11.3 Å². The van der Waals surface area contributed by atoms with Crippen molar-refractivity contribution < 1.29 is 4.74 Å². The van der Waals surface area contributed by atoms with Gasteiger partial charge in [-0.1, -0.05) is 26.7 Å². The van der Waals surface area contributed by atoms with Gasteiger partial charge in [-0.05, 0) is 32.1 Å². The Morgan fingerprint density at radius 1 is 1.41 bits per heavy atom. The first kappa shape index (κ1) is 13.0. The molecule has 0 saturated heterocycles. The van der Waals surface area contributed by atoms with Crippen LogP contribution in [0, 0.1) is 0 Å². The van der Waals surface area contributed by atoms with Gasteiger partial charge in [0, 0.05) is 12.0 Å². The van der Waals surface area contributed by atoms with Gasteiger partial charge in [0.2, 0.25) is 0 Å². The normalized spacial score (nSPS) is 20.6. The maximum Gasteiger partial charge on any atom is 0.125 e. The summed E-state index contributed by atoms with van der Waals surface area (Å²) in [7, 11) is 0. The van der Waals surface area contributed by atoms with Crippen LogP contribution in [0.1, 0.15) is 69.5 Å². The predicted octanol–water partition coefficient (Wildman–Crippen LogP) is 4.46. The van der Waals surface area contributed by atoms with Crippen LogP contribution in [0.3, 0.4) is 0 Å². The van der Waals surface area contributed by atoms with Crippen LogP contribution in [-0.4, -0.2) is 11.6 Å². The highest BCUT2D eigenvalue weighted by Crippen LogP contribution is 2.43. The summed E-state index contributed by atoms with van der Waals surface area (Å²) in [5, 5.41) is 3.44. The quantitative estimate of drug-likeness (QED) is 0.772. The Morgan fingerprint density at radius 2 is 2.12 bits per heavy atom. The van der Waals surface area contributed by atoms with Crippen molar-refractivity contribution in [2.45, 2.75) is 64.4 Å². The molecular formula is C14H23NOS. The van der Waals surface area contributed by atoms with Crippen molar-refractivity contribution in [2.24, 2.45) is 0 Å². The lowest BCUT2D eigenvalue weighted by Gasteiger charge is -2.26. The summed E-state index contributed by atoms with van der Waals surface area (Å²) in [5.41, 5.74) is 1.20. The summed E-state index contributed by atoms with van der Waals surface area (Å²) in [6.45, 7) is 7.35. The van der Waals surface area contributed by atoms with Crippen molar-refractivity contribution in [1.82, 2.24) is 4.98 Å². The van der Waals surface area contributed by atoms with E-state index < -0.39 is 0 Å². The first-order valence-electron chi connectivity index (χ1n) is 6.81. The second-order valence-electron chi connectivity index (χ2n) is 5.02. The van der Waals surface area contributed by atoms with Crippen molar-refractivity contribution in [2.75, 3.05) is 6.61 Å². The average molecular weight is 253 g/mol. The molecule has 96 valence electrons. The van der Waals surface area contributed by atoms with Gasteiger partial charge in [0.15, 0.2) is 0 Å². The lowest BCUT2D eigenvalue weighted by molar-refractivity contribution is -0.0392. The zero-order valence-electron chi connectivity index (χ0n) is 11.2. The molecule has 1 atom stereocenters. The first-order chi connectivity index (χ1) is 8.22. The smallest absolute Gasteiger partial charge is 0.125 e. The fourth-order valence-corrected chi connectivity index (χ4v) is 3.73. The van der Waals surface area contributed by atoms with Crippen LogP contribution >= 0.6 is 11.3 Å². The van der Waals surface area contributed by atoms with Crippen LogP contribution < -0.4 is 0 Å². The molecule has 1 aromatic heterocycles. The Labute approximate surface area is 108 Å². The molecule has 0 radical (unpaired) electrons. The predicted molar refractivity (Wildman–Crippen MR) is 72.6 cm³/mol. The molecule has 0 aliphatic heterocycles. The van der Waals surface area contributed by atoms with Gasteiger partial charge in [0.1, 0.15) is 10.6 Å². The number of rotatable bonds is 5. The van der Waals surface area contributed by atoms with E-state index in [4.69, 9.17) is 9.72 Å². The van der Waals surface area contributed by atoms with Crippen molar-refractivity contribution in [1.29, 1.82) is 0 Å². The van der Waals surface area contributed by atoms with E-state index >= 15 is 0 Å². The van der Waals surface area contributed by atoms with E-state index in [1.54, 1.807) is 11.3 Å². The molecule has 0 amide bonds. The van der Waals surface area contributed by atoms with Crippen LogP contribution in [-0.2, 0) is 10.3 Å². The van der Waals surface area contributed by atoms with Crippen molar-refractivity contribution in [3.05, 3.63) is 16.1 Å². The Hall–Kier alpha value is -0.410. The van der Waals surface area contributed by atoms with E-state index in [1.165, 1.54) is 23.5 Å². The minimum Gasteiger partial charge on any atom is -0.368 e. The van der Waals surface area contributed by atoms with Crippen molar-refractivity contribution in [3.63, 3.8) is 0 Å². The van der Waals surface area contributed by atoms with Gasteiger partial charge in [-0.15, -0.1) is 11.3 Å². The molecule has 1 fully saturated rings. The average Bonchev–Trinajstić information content (AvgIpc) is 2.97. The van der Waals surface area contributed by atoms with E-state index in [2.05, 4.69) is 26.2 Å². The molecule has 0 N–H and O–H groups in total. The third-order valence-electron chi connectivity index (χ3n) is 3.86. The maximum atomic E-state index is 6.05. The molecule has 1 saturated carbocycles. The van der Waals surface area contributed by atoms with Crippen LogP contribution in [0.4, 0.5) is 0 Å². The minimum atomic E-state index is -0.0505. The van der Waals surface area contributed by atoms with Gasteiger partial charge in [0.05, 0.1) is 5.69 Å². The highest BCUT2D eigenvalue weighted by Gasteiger charge is 2.39. The van der Waals surface area contributed by atoms with E-state index in [0.29, 0.717) is 5.92 Å². The minimum absolute atomic E-state index is 0.0505. The molecule has 1 aliphatic carbocycles. The van der Waals surface area contributed by atoms with Crippen LogP contribution in [0.2, 0.25) is 0 Å². The highest BCUT2D eigenvalue weighted by atomic mass is 32.1. The highest BCUT2D eigenvalue weighted by molar-refractivity contribution is 7.09. The van der Waals surface area contributed by atoms with Crippen LogP contribution in [0.5, 0.6) is 0 Å². The second kappa shape index (κ2) is 5.49. The molecule has 3 heteroatoms. The summed E-state index contributed by atoms with van der Waals surface area (Å²) in [4.78, 5) is 4.85. The number of aromatic nitrogens is 1. The van der Waals surface area contributed by atoms with Gasteiger partial charge < -0.3 is 4.74 Å². The van der Waals surface area contributed by atoms with E-state index in [1.807, 2.05) is 0 Å². The zero-order valence-corrected chi connectivity index (χ0v) is 12.0. The van der Waals surface area contributed by atoms with E-state index in [-0.39, 0.29) is 5.60 Å². The standard InChI is InChI=1S/C14H23NOS/c1-4-11(3)12-10-17-13(15-12)14(16-5-2)8-6-7-9-14/h10-11H,4-9H2,1-3H3. The summed E-state index contributed by atoms with van der Waals surface area (Å²) in [5.74, 6) is 0.570. The van der Waals surface area contributed by atoms with Crippen LogP contribution in [0.25, 0.3) is 0 Å². The molecule has 1 unspecified atom stereocenters. The van der Waals surface area contributed by atoms with Crippen molar-refractivity contribution in [3.8, 4) is 0 Å². The van der Waals surface area contributed by atoms with Gasteiger partial charge in [0.25, 0.3) is 0 Å². The molecule has 2 nitrogen and oxygen atoms in total. The monoisotopic (exact) mass is 253 g/mol. The molecule has 1 aliphatic rings. The fourth-order valence-electron chi connectivity index (χ4n) is 2.57. The topological polar surface area (TPSA) is 22.1 Å².